The third-order valence-corrected chi connectivity index (χ3v) is 2.57. The molecule has 0 bridgehead atoms. The van der Waals surface area contributed by atoms with Crippen LogP contribution in [0.25, 0.3) is 0 Å². The lowest BCUT2D eigenvalue weighted by atomic mass is 10.1. The molecular weight excluding hydrogens is 264 g/mol. The van der Waals surface area contributed by atoms with Gasteiger partial charge in [0.05, 0.1) is 0 Å². The van der Waals surface area contributed by atoms with Crippen LogP contribution in [0, 0.1) is 10.1 Å². The van der Waals surface area contributed by atoms with Gasteiger partial charge in [-0.3, -0.25) is 10.1 Å². The van der Waals surface area contributed by atoms with Gasteiger partial charge in [-0.05, 0) is 12.0 Å². The maximum absolute atomic E-state index is 11.6. The quantitative estimate of drug-likeness (QED) is 0.196. The van der Waals surface area contributed by atoms with Crippen molar-refractivity contribution in [1.29, 1.82) is 0 Å². The minimum atomic E-state index is -0.711. The van der Waals surface area contributed by atoms with E-state index >= 15 is 0 Å². The van der Waals surface area contributed by atoms with Gasteiger partial charge in [0.2, 0.25) is 6.54 Å². The van der Waals surface area contributed by atoms with Crippen molar-refractivity contribution in [3.63, 3.8) is 0 Å². The van der Waals surface area contributed by atoms with Crippen LogP contribution in [0.2, 0.25) is 0 Å². The molecule has 7 nitrogen and oxygen atoms in total. The van der Waals surface area contributed by atoms with Crippen molar-refractivity contribution in [1.82, 2.24) is 0 Å². The Morgan fingerprint density at radius 1 is 1.30 bits per heavy atom. The molecule has 0 heterocycles. The number of benzene rings is 1. The third-order valence-electron chi connectivity index (χ3n) is 2.57. The van der Waals surface area contributed by atoms with Crippen LogP contribution in [0.5, 0.6) is 0 Å². The van der Waals surface area contributed by atoms with Gasteiger partial charge in [-0.15, -0.1) is 0 Å². The first-order valence-corrected chi connectivity index (χ1v) is 6.17. The molecule has 0 aliphatic carbocycles. The van der Waals surface area contributed by atoms with Crippen LogP contribution in [-0.4, -0.2) is 28.4 Å². The summed E-state index contributed by atoms with van der Waals surface area (Å²) in [5, 5.41) is 21.8. The molecule has 0 unspecified atom stereocenters. The van der Waals surface area contributed by atoms with E-state index in [-0.39, 0.29) is 25.3 Å². The summed E-state index contributed by atoms with van der Waals surface area (Å²) < 4.78 is 5.00. The second kappa shape index (κ2) is 8.63. The lowest BCUT2D eigenvalue weighted by molar-refractivity contribution is -0.480. The number of rotatable bonds is 8. The molecule has 0 saturated heterocycles. The molecular formula is C13H16N2O5. The van der Waals surface area contributed by atoms with Crippen LogP contribution >= 0.6 is 0 Å². The van der Waals surface area contributed by atoms with E-state index in [9.17, 15) is 14.9 Å². The van der Waals surface area contributed by atoms with Crippen LogP contribution in [0.4, 0.5) is 0 Å². The lowest BCUT2D eigenvalue weighted by Crippen LogP contribution is -2.18. The third kappa shape index (κ3) is 5.94. The number of unbranched alkanes of at least 4 members (excludes halogenated alkanes) is 1. The van der Waals surface area contributed by atoms with Gasteiger partial charge in [0.15, 0.2) is 5.71 Å². The monoisotopic (exact) mass is 280 g/mol. The first kappa shape index (κ1) is 15.6. The van der Waals surface area contributed by atoms with Crippen LogP contribution in [0.1, 0.15) is 24.8 Å². The molecule has 1 aromatic rings. The van der Waals surface area contributed by atoms with Crippen LogP contribution < -0.4 is 0 Å². The number of oxime groups is 1. The van der Waals surface area contributed by atoms with Crippen molar-refractivity contribution in [2.75, 3.05) is 6.54 Å². The van der Waals surface area contributed by atoms with Crippen molar-refractivity contribution >= 4 is 11.7 Å². The predicted molar refractivity (Wildman–Crippen MR) is 71.2 cm³/mol. The number of hydrogen-bond donors (Lipinski definition) is 1. The highest BCUT2D eigenvalue weighted by atomic mass is 16.6. The zero-order chi connectivity index (χ0) is 14.8. The molecule has 0 aliphatic heterocycles. The van der Waals surface area contributed by atoms with Crippen molar-refractivity contribution in [2.45, 2.75) is 25.9 Å². The van der Waals surface area contributed by atoms with Gasteiger partial charge >= 0.3 is 5.97 Å². The summed E-state index contributed by atoms with van der Waals surface area (Å²) in [6, 6.07) is 9.10. The summed E-state index contributed by atoms with van der Waals surface area (Å²) in [6.07, 6.45) is 0.858. The fourth-order valence-electron chi connectivity index (χ4n) is 1.53. The molecule has 108 valence electrons. The van der Waals surface area contributed by atoms with Crippen molar-refractivity contribution < 1.29 is 19.7 Å². The summed E-state index contributed by atoms with van der Waals surface area (Å²) in [5.74, 6) is -0.711. The zero-order valence-corrected chi connectivity index (χ0v) is 10.9. The largest absolute Gasteiger partial charge is 0.456 e. The van der Waals surface area contributed by atoms with Gasteiger partial charge in [-0.25, -0.2) is 4.79 Å². The fourth-order valence-corrected chi connectivity index (χ4v) is 1.53. The Morgan fingerprint density at radius 2 is 2.00 bits per heavy atom. The highest BCUT2D eigenvalue weighted by Gasteiger charge is 2.14. The molecule has 0 fully saturated rings. The minimum Gasteiger partial charge on any atom is -0.456 e. The number of nitrogens with zero attached hydrogens (tertiary/aromatic N) is 2. The molecule has 0 atom stereocenters. The van der Waals surface area contributed by atoms with Gasteiger partial charge in [0.1, 0.15) is 6.61 Å². The Kier molecular flexibility index (Phi) is 6.74. The Balaban J connectivity index is 2.34. The van der Waals surface area contributed by atoms with E-state index in [1.165, 1.54) is 0 Å². The molecule has 7 heteroatoms. The molecule has 1 rings (SSSR count). The average Bonchev–Trinajstić information content (AvgIpc) is 2.45. The summed E-state index contributed by atoms with van der Waals surface area (Å²) in [5.41, 5.74) is 0.704. The van der Waals surface area contributed by atoms with E-state index in [0.29, 0.717) is 12.8 Å². The molecule has 0 amide bonds. The van der Waals surface area contributed by atoms with Crippen molar-refractivity contribution in [2.24, 2.45) is 5.16 Å². The maximum Gasteiger partial charge on any atom is 0.356 e. The van der Waals surface area contributed by atoms with Gasteiger partial charge in [0.25, 0.3) is 0 Å². The predicted octanol–water partition coefficient (Wildman–Crippen LogP) is 2.01. The highest BCUT2D eigenvalue weighted by molar-refractivity contribution is 6.36. The molecule has 20 heavy (non-hydrogen) atoms. The van der Waals surface area contributed by atoms with E-state index in [0.717, 1.165) is 5.56 Å². The summed E-state index contributed by atoms with van der Waals surface area (Å²) in [4.78, 5) is 21.3. The molecule has 1 aromatic carbocycles. The lowest BCUT2D eigenvalue weighted by Gasteiger charge is -2.05. The maximum atomic E-state index is 11.6. The van der Waals surface area contributed by atoms with Crippen LogP contribution in [0.3, 0.4) is 0 Å². The van der Waals surface area contributed by atoms with E-state index in [1.54, 1.807) is 12.1 Å². The number of ether oxygens (including phenoxy) is 1. The number of carbonyl (C=O) groups excluding carboxylic acids is 1. The van der Waals surface area contributed by atoms with Crippen LogP contribution in [0.15, 0.2) is 35.5 Å². The summed E-state index contributed by atoms with van der Waals surface area (Å²) >= 11 is 0. The summed E-state index contributed by atoms with van der Waals surface area (Å²) in [6.45, 7) is -0.0780. The van der Waals surface area contributed by atoms with Gasteiger partial charge in [-0.2, -0.15) is 0 Å². The topological polar surface area (TPSA) is 102 Å². The second-order valence-electron chi connectivity index (χ2n) is 4.12. The Morgan fingerprint density at radius 3 is 2.60 bits per heavy atom. The van der Waals surface area contributed by atoms with Gasteiger partial charge in [0, 0.05) is 17.8 Å². The molecule has 0 spiro atoms. The average molecular weight is 280 g/mol. The van der Waals surface area contributed by atoms with Gasteiger partial charge in [-0.1, -0.05) is 35.5 Å². The van der Waals surface area contributed by atoms with Crippen molar-refractivity contribution in [3.05, 3.63) is 46.0 Å². The smallest absolute Gasteiger partial charge is 0.356 e. The number of esters is 1. The van der Waals surface area contributed by atoms with E-state index < -0.39 is 10.9 Å². The standard InChI is InChI=1S/C13H16N2O5/c16-13(20-10-11-6-2-1-3-7-11)12(14-17)8-4-5-9-15(18)19/h1-3,6-7,17H,4-5,8-10H2/b14-12+. The van der Waals surface area contributed by atoms with Gasteiger partial charge < -0.3 is 9.94 Å². The van der Waals surface area contributed by atoms with E-state index in [2.05, 4.69) is 5.16 Å². The summed E-state index contributed by atoms with van der Waals surface area (Å²) in [7, 11) is 0. The number of nitro groups is 1. The zero-order valence-electron chi connectivity index (χ0n) is 10.9. The Bertz CT molecular complexity index is 473. The first-order chi connectivity index (χ1) is 9.63. The molecule has 0 saturated carbocycles. The minimum absolute atomic E-state index is 0.0909. The molecule has 0 radical (unpaired) electrons. The molecule has 0 aliphatic rings. The molecule has 0 aromatic heterocycles. The SMILES string of the molecule is O=C(OCc1ccccc1)/C(CCCC[N+](=O)[O-])=N/O. The van der Waals surface area contributed by atoms with Crippen LogP contribution in [-0.2, 0) is 16.1 Å². The normalized spacial score (nSPS) is 11.1. The number of hydrogen-bond acceptors (Lipinski definition) is 6. The van der Waals surface area contributed by atoms with E-state index in [4.69, 9.17) is 9.94 Å². The first-order valence-electron chi connectivity index (χ1n) is 6.17. The molecule has 1 N–H and O–H groups in total. The number of carbonyl (C=O) groups is 1. The van der Waals surface area contributed by atoms with Crippen molar-refractivity contribution in [3.8, 4) is 0 Å². The highest BCUT2D eigenvalue weighted by Crippen LogP contribution is 2.04. The second-order valence-corrected chi connectivity index (χ2v) is 4.12. The van der Waals surface area contributed by atoms with E-state index in [1.807, 2.05) is 18.2 Å². The fraction of sp³-hybridized carbons (Fsp3) is 0.385. The Hall–Kier alpha value is -2.44. The Labute approximate surface area is 116 Å².